The Kier molecular flexibility index (Phi) is 4.86. The zero-order chi connectivity index (χ0) is 20.1. The van der Waals surface area contributed by atoms with Crippen molar-refractivity contribution in [3.05, 3.63) is 35.9 Å². The van der Waals surface area contributed by atoms with E-state index in [4.69, 9.17) is 11.6 Å². The minimum atomic E-state index is -1.14. The molecule has 2 unspecified atom stereocenters. The van der Waals surface area contributed by atoms with Gasteiger partial charge in [-0.15, -0.1) is 11.6 Å². The largest absolute Gasteiger partial charge is 0.313 e. The third-order valence-electron chi connectivity index (χ3n) is 8.14. The Morgan fingerprint density at radius 2 is 2.00 bits per heavy atom. The zero-order valence-corrected chi connectivity index (χ0v) is 17.7. The van der Waals surface area contributed by atoms with Crippen molar-refractivity contribution in [2.45, 2.75) is 63.0 Å². The highest BCUT2D eigenvalue weighted by atomic mass is 35.5. The van der Waals surface area contributed by atoms with Gasteiger partial charge in [0.2, 0.25) is 0 Å². The molecule has 3 nitrogen and oxygen atoms in total. The molecule has 0 aromatic heterocycles. The quantitative estimate of drug-likeness (QED) is 0.714. The maximum Gasteiger partial charge on any atom is 0.251 e. The van der Waals surface area contributed by atoms with Crippen molar-refractivity contribution in [1.29, 1.82) is 0 Å². The number of carbonyl (C=O) groups excluding carboxylic acids is 1. The Balaban J connectivity index is 1.54. The van der Waals surface area contributed by atoms with E-state index in [1.54, 1.807) is 0 Å². The van der Waals surface area contributed by atoms with Crippen LogP contribution in [0.2, 0.25) is 0 Å². The lowest BCUT2D eigenvalue weighted by molar-refractivity contribution is -0.159. The number of aliphatic imine (C=N–C) groups is 1. The molecule has 0 spiro atoms. The molecule has 1 N–H and O–H groups in total. The topological polar surface area (TPSA) is 41.5 Å². The van der Waals surface area contributed by atoms with Crippen LogP contribution in [0.25, 0.3) is 0 Å². The van der Waals surface area contributed by atoms with Crippen molar-refractivity contribution in [3.63, 3.8) is 0 Å². The summed E-state index contributed by atoms with van der Waals surface area (Å²) in [5, 5.41) is 3.04. The number of piperidine rings is 1. The normalized spacial score (nSPS) is 42.3. The van der Waals surface area contributed by atoms with Gasteiger partial charge in [0.15, 0.2) is 6.17 Å². The summed E-state index contributed by atoms with van der Waals surface area (Å²) in [6.45, 7) is 0.970. The van der Waals surface area contributed by atoms with E-state index in [1.807, 2.05) is 0 Å². The smallest absolute Gasteiger partial charge is 0.251 e. The summed E-state index contributed by atoms with van der Waals surface area (Å²) in [4.78, 5) is 18.1. The zero-order valence-electron chi connectivity index (χ0n) is 16.9. The minimum absolute atomic E-state index is 0.0336. The van der Waals surface area contributed by atoms with Crippen LogP contribution in [0.3, 0.4) is 0 Å². The first kappa shape index (κ1) is 19.7. The first-order chi connectivity index (χ1) is 14.0. The SMILES string of the molecule is O=C(N=C1CCNC[C@@H]1F)C12CC3C[C@@](CCCl)(C1)C[C@](c1ccccc1)(C3)C2. The van der Waals surface area contributed by atoms with Gasteiger partial charge in [0.05, 0.1) is 11.1 Å². The molecule has 1 aromatic carbocycles. The average Bonchev–Trinajstić information content (AvgIpc) is 2.69. The summed E-state index contributed by atoms with van der Waals surface area (Å²) < 4.78 is 14.4. The fourth-order valence-corrected chi connectivity index (χ4v) is 7.96. The van der Waals surface area contributed by atoms with E-state index in [0.717, 1.165) is 38.5 Å². The van der Waals surface area contributed by atoms with Crippen molar-refractivity contribution in [1.82, 2.24) is 5.32 Å². The average molecular weight is 417 g/mol. The van der Waals surface area contributed by atoms with Gasteiger partial charge in [-0.2, -0.15) is 0 Å². The van der Waals surface area contributed by atoms with Gasteiger partial charge >= 0.3 is 0 Å². The number of amides is 1. The second-order valence-electron chi connectivity index (χ2n) is 10.2. The molecule has 1 aromatic rings. The molecule has 0 radical (unpaired) electrons. The second kappa shape index (κ2) is 7.16. The van der Waals surface area contributed by atoms with Crippen LogP contribution in [-0.4, -0.2) is 36.8 Å². The number of carbonyl (C=O) groups is 1. The van der Waals surface area contributed by atoms with E-state index in [9.17, 15) is 9.18 Å². The van der Waals surface area contributed by atoms with Crippen molar-refractivity contribution in [2.24, 2.45) is 21.7 Å². The summed E-state index contributed by atoms with van der Waals surface area (Å²) in [6, 6.07) is 10.7. The van der Waals surface area contributed by atoms with E-state index in [2.05, 4.69) is 40.6 Å². The highest BCUT2D eigenvalue weighted by molar-refractivity contribution is 6.17. The van der Waals surface area contributed by atoms with Crippen molar-refractivity contribution in [2.75, 3.05) is 19.0 Å². The van der Waals surface area contributed by atoms with Gasteiger partial charge in [-0.05, 0) is 67.3 Å². The van der Waals surface area contributed by atoms with Gasteiger partial charge in [0.25, 0.3) is 5.91 Å². The van der Waals surface area contributed by atoms with Crippen molar-refractivity contribution in [3.8, 4) is 0 Å². The fourth-order valence-electron chi connectivity index (χ4n) is 7.56. The highest BCUT2D eigenvalue weighted by Crippen LogP contribution is 2.71. The number of rotatable bonds is 4. The van der Waals surface area contributed by atoms with Crippen molar-refractivity contribution >= 4 is 23.2 Å². The Hall–Kier alpha value is -1.26. The second-order valence-corrected chi connectivity index (χ2v) is 10.6. The Labute approximate surface area is 177 Å². The van der Waals surface area contributed by atoms with Crippen LogP contribution in [0.1, 0.15) is 56.9 Å². The molecule has 5 heteroatoms. The first-order valence-corrected chi connectivity index (χ1v) is 11.6. The number of nitrogens with one attached hydrogen (secondary N) is 1. The summed E-state index contributed by atoms with van der Waals surface area (Å²) >= 11 is 6.26. The van der Waals surface area contributed by atoms with Gasteiger partial charge in [-0.3, -0.25) is 4.79 Å². The van der Waals surface area contributed by atoms with Crippen LogP contribution in [0.5, 0.6) is 0 Å². The molecule has 5 atom stereocenters. The summed E-state index contributed by atoms with van der Waals surface area (Å²) in [6.07, 6.45) is 6.45. The molecule has 5 aliphatic rings. The molecule has 5 fully saturated rings. The number of nitrogens with zero attached hydrogens (tertiary/aromatic N) is 1. The fraction of sp³-hybridized carbons (Fsp3) is 0.667. The van der Waals surface area contributed by atoms with E-state index in [-0.39, 0.29) is 23.3 Å². The maximum absolute atomic E-state index is 14.4. The first-order valence-electron chi connectivity index (χ1n) is 11.1. The predicted octanol–water partition coefficient (Wildman–Crippen LogP) is 4.82. The Bertz CT molecular complexity index is 829. The Morgan fingerprint density at radius 1 is 1.17 bits per heavy atom. The molecule has 1 amide bonds. The lowest BCUT2D eigenvalue weighted by atomic mass is 9.38. The van der Waals surface area contributed by atoms with E-state index >= 15 is 0 Å². The predicted molar refractivity (Wildman–Crippen MR) is 114 cm³/mol. The summed E-state index contributed by atoms with van der Waals surface area (Å²) in [5.74, 6) is 1.11. The molecular formula is C24H30ClFN2O. The van der Waals surface area contributed by atoms with Gasteiger partial charge in [-0.25, -0.2) is 9.38 Å². The lowest BCUT2D eigenvalue weighted by Crippen LogP contribution is -2.61. The molecule has 4 bridgehead atoms. The van der Waals surface area contributed by atoms with Crippen molar-refractivity contribution < 1.29 is 9.18 Å². The third kappa shape index (κ3) is 3.27. The minimum Gasteiger partial charge on any atom is -0.313 e. The molecule has 1 heterocycles. The number of benzene rings is 1. The number of hydrogen-bond donors (Lipinski definition) is 1. The van der Waals surface area contributed by atoms with Gasteiger partial charge in [0.1, 0.15) is 0 Å². The van der Waals surface area contributed by atoms with Crippen LogP contribution in [0.4, 0.5) is 4.39 Å². The number of halogens is 2. The molecule has 29 heavy (non-hydrogen) atoms. The molecule has 4 aliphatic carbocycles. The van der Waals surface area contributed by atoms with Crippen LogP contribution >= 0.6 is 11.6 Å². The number of alkyl halides is 2. The van der Waals surface area contributed by atoms with Gasteiger partial charge in [0, 0.05) is 25.4 Å². The Morgan fingerprint density at radius 3 is 2.76 bits per heavy atom. The molecule has 156 valence electrons. The van der Waals surface area contributed by atoms with Crippen LogP contribution < -0.4 is 5.32 Å². The van der Waals surface area contributed by atoms with Crippen LogP contribution in [-0.2, 0) is 10.2 Å². The molecular weight excluding hydrogens is 387 g/mol. The molecule has 6 rings (SSSR count). The summed E-state index contributed by atoms with van der Waals surface area (Å²) in [7, 11) is 0. The maximum atomic E-state index is 14.4. The van der Waals surface area contributed by atoms with Crippen LogP contribution in [0, 0.1) is 16.7 Å². The van der Waals surface area contributed by atoms with Crippen LogP contribution in [0.15, 0.2) is 35.3 Å². The van der Waals surface area contributed by atoms with Gasteiger partial charge in [-0.1, -0.05) is 30.3 Å². The standard InChI is InChI=1S/C24H30ClFN2O/c25-8-7-22-10-17-11-23(14-22,18-4-2-1-3-5-18)16-24(12-17,15-22)21(29)28-20-6-9-27-13-19(20)26/h1-5,17,19,27H,6-16H2/t17?,19-,22+,23+,24?/m0/s1. The number of hydrogen-bond acceptors (Lipinski definition) is 2. The molecule has 1 aliphatic heterocycles. The molecule has 4 saturated carbocycles. The summed E-state index contributed by atoms with van der Waals surface area (Å²) in [5.41, 5.74) is 1.52. The van der Waals surface area contributed by atoms with Gasteiger partial charge < -0.3 is 5.32 Å². The highest BCUT2D eigenvalue weighted by Gasteiger charge is 2.65. The molecule has 1 saturated heterocycles. The van der Waals surface area contributed by atoms with E-state index < -0.39 is 11.6 Å². The van der Waals surface area contributed by atoms with E-state index in [1.165, 1.54) is 12.0 Å². The van der Waals surface area contributed by atoms with E-state index in [0.29, 0.717) is 30.5 Å². The third-order valence-corrected chi connectivity index (χ3v) is 8.33. The lowest BCUT2D eigenvalue weighted by Gasteiger charge is -2.66. The monoisotopic (exact) mass is 416 g/mol.